The second kappa shape index (κ2) is 6.32. The molecular weight excluding hydrogens is 210 g/mol. The zero-order valence-corrected chi connectivity index (χ0v) is 9.53. The summed E-state index contributed by atoms with van der Waals surface area (Å²) in [6.07, 6.45) is 3.34. The van der Waals surface area contributed by atoms with Gasteiger partial charge in [-0.3, -0.25) is 10.2 Å². The number of rotatable bonds is 3. The fourth-order valence-electron chi connectivity index (χ4n) is 1.69. The second-order valence-electron chi connectivity index (χ2n) is 4.05. The van der Waals surface area contributed by atoms with Crippen LogP contribution in [0.3, 0.4) is 0 Å². The largest absolute Gasteiger partial charge is 0.465 e. The number of hydrogen-bond acceptors (Lipinski definition) is 3. The third-order valence-electron chi connectivity index (χ3n) is 2.61. The zero-order valence-electron chi connectivity index (χ0n) is 9.53. The molecule has 6 heteroatoms. The van der Waals surface area contributed by atoms with Gasteiger partial charge in [0.25, 0.3) is 5.91 Å². The van der Waals surface area contributed by atoms with Gasteiger partial charge < -0.3 is 10.4 Å². The van der Waals surface area contributed by atoms with Gasteiger partial charge in [-0.15, -0.1) is 0 Å². The van der Waals surface area contributed by atoms with E-state index in [2.05, 4.69) is 10.7 Å². The number of hydrogen-bond donors (Lipinski definition) is 3. The lowest BCUT2D eigenvalue weighted by Crippen LogP contribution is -2.51. The van der Waals surface area contributed by atoms with E-state index in [-0.39, 0.29) is 5.91 Å². The van der Waals surface area contributed by atoms with Crippen molar-refractivity contribution in [3.05, 3.63) is 0 Å². The van der Waals surface area contributed by atoms with Gasteiger partial charge >= 0.3 is 6.09 Å². The summed E-state index contributed by atoms with van der Waals surface area (Å²) in [5.41, 5.74) is 2.73. The van der Waals surface area contributed by atoms with Crippen LogP contribution in [0.4, 0.5) is 4.79 Å². The van der Waals surface area contributed by atoms with Gasteiger partial charge in [0.2, 0.25) is 0 Å². The van der Waals surface area contributed by atoms with Gasteiger partial charge in [0.05, 0.1) is 0 Å². The molecule has 0 spiro atoms. The Morgan fingerprint density at radius 3 is 2.25 bits per heavy atom. The van der Waals surface area contributed by atoms with Crippen LogP contribution in [0, 0.1) is 0 Å². The van der Waals surface area contributed by atoms with Gasteiger partial charge in [0, 0.05) is 13.1 Å². The van der Waals surface area contributed by atoms with E-state index in [4.69, 9.17) is 5.11 Å². The first-order valence-electron chi connectivity index (χ1n) is 5.64. The summed E-state index contributed by atoms with van der Waals surface area (Å²) in [7, 11) is 0. The Bertz CT molecular complexity index is 250. The van der Waals surface area contributed by atoms with Crippen LogP contribution >= 0.6 is 0 Å². The first kappa shape index (κ1) is 12.8. The highest BCUT2D eigenvalue weighted by Gasteiger charge is 2.18. The maximum Gasteiger partial charge on any atom is 0.405 e. The van der Waals surface area contributed by atoms with Gasteiger partial charge in [0.1, 0.15) is 6.04 Å². The predicted molar refractivity (Wildman–Crippen MR) is 58.8 cm³/mol. The Hall–Kier alpha value is -1.30. The number of carbonyl (C=O) groups excluding carboxylic acids is 1. The molecule has 0 aromatic carbocycles. The van der Waals surface area contributed by atoms with E-state index in [0.29, 0.717) is 0 Å². The van der Waals surface area contributed by atoms with Crippen LogP contribution in [-0.4, -0.2) is 41.2 Å². The van der Waals surface area contributed by atoms with E-state index in [1.54, 1.807) is 0 Å². The Morgan fingerprint density at radius 1 is 1.19 bits per heavy atom. The molecule has 1 aliphatic rings. The van der Waals surface area contributed by atoms with Crippen molar-refractivity contribution in [2.24, 2.45) is 0 Å². The van der Waals surface area contributed by atoms with E-state index in [1.165, 1.54) is 19.8 Å². The summed E-state index contributed by atoms with van der Waals surface area (Å²) in [6.45, 7) is 3.21. The molecule has 92 valence electrons. The summed E-state index contributed by atoms with van der Waals surface area (Å²) in [5.74, 6) is -0.302. The quantitative estimate of drug-likeness (QED) is 0.660. The Balaban J connectivity index is 2.34. The van der Waals surface area contributed by atoms with Gasteiger partial charge in [-0.25, -0.2) is 9.80 Å². The fourth-order valence-corrected chi connectivity index (χ4v) is 1.69. The van der Waals surface area contributed by atoms with Gasteiger partial charge in [0.15, 0.2) is 0 Å². The maximum atomic E-state index is 11.6. The van der Waals surface area contributed by atoms with Crippen LogP contribution in [0.1, 0.15) is 32.6 Å². The molecule has 0 radical (unpaired) electrons. The molecule has 0 aromatic rings. The monoisotopic (exact) mass is 229 g/mol. The first-order chi connectivity index (χ1) is 7.59. The Labute approximate surface area is 95.0 Å². The average molecular weight is 229 g/mol. The molecule has 0 saturated carbocycles. The first-order valence-corrected chi connectivity index (χ1v) is 5.64. The third-order valence-corrected chi connectivity index (χ3v) is 2.61. The summed E-state index contributed by atoms with van der Waals surface area (Å²) in [5, 5.41) is 12.5. The molecule has 0 bridgehead atoms. The molecule has 1 unspecified atom stereocenters. The number of nitrogens with zero attached hydrogens (tertiary/aromatic N) is 1. The minimum Gasteiger partial charge on any atom is -0.465 e. The molecule has 2 amide bonds. The second-order valence-corrected chi connectivity index (χ2v) is 4.05. The number of carboxylic acid groups (broad SMARTS) is 1. The van der Waals surface area contributed by atoms with Crippen LogP contribution in [0.5, 0.6) is 0 Å². The highest BCUT2D eigenvalue weighted by atomic mass is 16.4. The Morgan fingerprint density at radius 2 is 1.75 bits per heavy atom. The molecule has 0 aromatic heterocycles. The fraction of sp³-hybridized carbons (Fsp3) is 0.800. The summed E-state index contributed by atoms with van der Waals surface area (Å²) in [6, 6.07) is -0.722. The topological polar surface area (TPSA) is 81.7 Å². The van der Waals surface area contributed by atoms with E-state index in [0.717, 1.165) is 25.9 Å². The standard InChI is InChI=1S/C10H19N3O3/c1-8(11-10(15)16)9(14)12-13-6-4-2-3-5-7-13/h8,11H,2-7H2,1H3,(H,12,14)(H,15,16). The molecule has 0 aliphatic carbocycles. The summed E-state index contributed by atoms with van der Waals surface area (Å²) in [4.78, 5) is 21.9. The molecule has 1 aliphatic heterocycles. The van der Waals surface area contributed by atoms with E-state index >= 15 is 0 Å². The van der Waals surface area contributed by atoms with Crippen LogP contribution in [0.15, 0.2) is 0 Å². The molecule has 16 heavy (non-hydrogen) atoms. The van der Waals surface area contributed by atoms with Crippen LogP contribution in [-0.2, 0) is 4.79 Å². The molecule has 6 nitrogen and oxygen atoms in total. The maximum absolute atomic E-state index is 11.6. The number of carbonyl (C=O) groups is 2. The highest BCUT2D eigenvalue weighted by Crippen LogP contribution is 2.07. The molecule has 1 fully saturated rings. The minimum absolute atomic E-state index is 0.302. The van der Waals surface area contributed by atoms with Crippen molar-refractivity contribution >= 4 is 12.0 Å². The van der Waals surface area contributed by atoms with Gasteiger partial charge in [-0.2, -0.15) is 0 Å². The molecular formula is C10H19N3O3. The molecule has 1 heterocycles. The van der Waals surface area contributed by atoms with Crippen molar-refractivity contribution in [2.75, 3.05) is 13.1 Å². The van der Waals surface area contributed by atoms with Crippen LogP contribution in [0.2, 0.25) is 0 Å². The van der Waals surface area contributed by atoms with E-state index in [1.807, 2.05) is 5.01 Å². The van der Waals surface area contributed by atoms with Crippen molar-refractivity contribution in [3.8, 4) is 0 Å². The van der Waals surface area contributed by atoms with Crippen molar-refractivity contribution in [3.63, 3.8) is 0 Å². The molecule has 1 rings (SSSR count). The summed E-state index contributed by atoms with van der Waals surface area (Å²) < 4.78 is 0. The lowest BCUT2D eigenvalue weighted by Gasteiger charge is -2.22. The Kier molecular flexibility index (Phi) is 5.04. The lowest BCUT2D eigenvalue weighted by molar-refractivity contribution is -0.127. The lowest BCUT2D eigenvalue weighted by atomic mass is 10.2. The number of hydrazine groups is 1. The van der Waals surface area contributed by atoms with Crippen molar-refractivity contribution in [2.45, 2.75) is 38.6 Å². The number of amides is 2. The number of nitrogens with one attached hydrogen (secondary N) is 2. The van der Waals surface area contributed by atoms with Crippen molar-refractivity contribution < 1.29 is 14.7 Å². The van der Waals surface area contributed by atoms with Crippen molar-refractivity contribution in [1.29, 1.82) is 0 Å². The third kappa shape index (κ3) is 4.48. The normalized spacial score (nSPS) is 19.6. The van der Waals surface area contributed by atoms with Crippen LogP contribution < -0.4 is 10.7 Å². The minimum atomic E-state index is -1.18. The van der Waals surface area contributed by atoms with Gasteiger partial charge in [-0.1, -0.05) is 12.8 Å². The SMILES string of the molecule is CC(NC(=O)O)C(=O)NN1CCCCCC1. The van der Waals surface area contributed by atoms with E-state index in [9.17, 15) is 9.59 Å². The van der Waals surface area contributed by atoms with Gasteiger partial charge in [-0.05, 0) is 19.8 Å². The molecule has 1 saturated heterocycles. The summed E-state index contributed by atoms with van der Waals surface area (Å²) >= 11 is 0. The highest BCUT2D eigenvalue weighted by molar-refractivity contribution is 5.84. The average Bonchev–Trinajstić information content (AvgIpc) is 2.45. The van der Waals surface area contributed by atoms with E-state index < -0.39 is 12.1 Å². The van der Waals surface area contributed by atoms with Crippen LogP contribution in [0.25, 0.3) is 0 Å². The van der Waals surface area contributed by atoms with Crippen molar-refractivity contribution in [1.82, 2.24) is 15.8 Å². The zero-order chi connectivity index (χ0) is 12.0. The molecule has 1 atom stereocenters. The predicted octanol–water partition coefficient (Wildman–Crippen LogP) is 0.550. The molecule has 3 N–H and O–H groups in total. The smallest absolute Gasteiger partial charge is 0.405 e.